The summed E-state index contributed by atoms with van der Waals surface area (Å²) in [6.07, 6.45) is -3.76. The van der Waals surface area contributed by atoms with Crippen molar-refractivity contribution < 1.29 is 51.2 Å². The number of ether oxygens (including phenoxy) is 1. The number of phosphoric acid groups is 1. The number of H-pyrrole nitrogens is 1. The first kappa shape index (κ1) is 24.3. The summed E-state index contributed by atoms with van der Waals surface area (Å²) in [6, 6.07) is 0. The number of nitrogens with one attached hydrogen (secondary N) is 1. The summed E-state index contributed by atoms with van der Waals surface area (Å²) in [7, 11) is -15.6. The van der Waals surface area contributed by atoms with Crippen LogP contribution in [0.1, 0.15) is 18.2 Å². The monoisotopic (exact) mass is 482 g/mol. The third-order valence-electron chi connectivity index (χ3n) is 3.64. The summed E-state index contributed by atoms with van der Waals surface area (Å²) in [5.41, 5.74) is -1.38. The standard InChI is InChI=1S/C11H18FN2O12P3/c1-6-3-14(11(16)13-10(6)15)9-2-7(12)8(25-9)4-24-28(20,5-27(17,18)19)26-29(21,22)23/h3,7-9H,2,4-5H2,1H3,(H,13,15,16)(H2,17,18,19)(H2,21,22,23)/t7-,8+,9+,28?/m0/s1. The fourth-order valence-electron chi connectivity index (χ4n) is 2.47. The minimum atomic E-state index is -5.47. The number of halogens is 1. The molecule has 1 aliphatic rings. The average molecular weight is 482 g/mol. The van der Waals surface area contributed by atoms with Crippen molar-refractivity contribution in [3.8, 4) is 0 Å². The van der Waals surface area contributed by atoms with E-state index < -0.39 is 65.3 Å². The van der Waals surface area contributed by atoms with Gasteiger partial charge in [0.1, 0.15) is 18.5 Å². The Balaban J connectivity index is 2.15. The molecule has 2 heterocycles. The van der Waals surface area contributed by atoms with E-state index in [0.717, 1.165) is 10.8 Å². The molecule has 14 nitrogen and oxygen atoms in total. The maximum Gasteiger partial charge on any atom is 0.476 e. The van der Waals surface area contributed by atoms with E-state index in [0.29, 0.717) is 0 Å². The third kappa shape index (κ3) is 7.04. The molecular formula is C11H18FN2O12P3. The molecule has 1 aliphatic heterocycles. The lowest BCUT2D eigenvalue weighted by molar-refractivity contribution is -0.0321. The Morgan fingerprint density at radius 1 is 1.28 bits per heavy atom. The van der Waals surface area contributed by atoms with Crippen LogP contribution in [0.15, 0.2) is 15.8 Å². The van der Waals surface area contributed by atoms with Crippen LogP contribution in [0.5, 0.6) is 0 Å². The van der Waals surface area contributed by atoms with E-state index in [1.807, 2.05) is 4.98 Å². The van der Waals surface area contributed by atoms with E-state index >= 15 is 0 Å². The zero-order chi connectivity index (χ0) is 22.2. The summed E-state index contributed by atoms with van der Waals surface area (Å²) in [5, 5.41) is 0. The molecule has 4 atom stereocenters. The number of aromatic nitrogens is 2. The Hall–Kier alpha value is -0.980. The number of alkyl halides is 1. The quantitative estimate of drug-likeness (QED) is 0.308. The van der Waals surface area contributed by atoms with Crippen molar-refractivity contribution in [1.29, 1.82) is 0 Å². The van der Waals surface area contributed by atoms with Crippen molar-refractivity contribution in [1.82, 2.24) is 9.55 Å². The van der Waals surface area contributed by atoms with Crippen molar-refractivity contribution in [3.05, 3.63) is 32.6 Å². The summed E-state index contributed by atoms with van der Waals surface area (Å²) in [6.45, 7) is 0.445. The summed E-state index contributed by atoms with van der Waals surface area (Å²) >= 11 is 0. The number of nitrogens with zero attached hydrogens (tertiary/aromatic N) is 1. The number of aromatic amines is 1. The van der Waals surface area contributed by atoms with Crippen molar-refractivity contribution in [2.45, 2.75) is 31.8 Å². The van der Waals surface area contributed by atoms with Crippen LogP contribution in [-0.2, 0) is 27.3 Å². The summed E-state index contributed by atoms with van der Waals surface area (Å²) in [5.74, 6) is -1.66. The maximum atomic E-state index is 14.3. The second-order valence-corrected chi connectivity index (χ2v) is 11.7. The number of hydrogen-bond donors (Lipinski definition) is 5. The van der Waals surface area contributed by atoms with E-state index in [2.05, 4.69) is 8.83 Å². The molecule has 0 saturated carbocycles. The zero-order valence-electron chi connectivity index (χ0n) is 14.7. The topological polar surface area (TPSA) is 215 Å². The lowest BCUT2D eigenvalue weighted by atomic mass is 10.2. The van der Waals surface area contributed by atoms with E-state index in [4.69, 9.17) is 24.3 Å². The Kier molecular flexibility index (Phi) is 7.24. The second kappa shape index (κ2) is 8.64. The minimum Gasteiger partial charge on any atom is -0.349 e. The molecule has 0 radical (unpaired) electrons. The van der Waals surface area contributed by atoms with Crippen molar-refractivity contribution in [2.75, 3.05) is 12.5 Å². The lowest BCUT2D eigenvalue weighted by Crippen LogP contribution is -2.33. The van der Waals surface area contributed by atoms with Crippen LogP contribution in [0.25, 0.3) is 0 Å². The molecule has 0 aromatic carbocycles. The summed E-state index contributed by atoms with van der Waals surface area (Å²) in [4.78, 5) is 60.6. The van der Waals surface area contributed by atoms with E-state index in [9.17, 15) is 27.7 Å². The van der Waals surface area contributed by atoms with Gasteiger partial charge in [-0.25, -0.2) is 18.1 Å². The summed E-state index contributed by atoms with van der Waals surface area (Å²) < 4.78 is 63.2. The molecule has 29 heavy (non-hydrogen) atoms. The van der Waals surface area contributed by atoms with Crippen LogP contribution >= 0.6 is 23.0 Å². The first-order valence-electron chi connectivity index (χ1n) is 7.75. The van der Waals surface area contributed by atoms with Gasteiger partial charge < -0.3 is 28.8 Å². The van der Waals surface area contributed by atoms with Crippen molar-refractivity contribution in [2.24, 2.45) is 0 Å². The van der Waals surface area contributed by atoms with Crippen LogP contribution in [0.3, 0.4) is 0 Å². The van der Waals surface area contributed by atoms with Gasteiger partial charge in [0.05, 0.1) is 6.61 Å². The van der Waals surface area contributed by atoms with Crippen LogP contribution in [0, 0.1) is 6.92 Å². The molecule has 1 saturated heterocycles. The maximum absolute atomic E-state index is 14.3. The Bertz CT molecular complexity index is 983. The van der Waals surface area contributed by atoms with Gasteiger partial charge in [-0.3, -0.25) is 23.5 Å². The van der Waals surface area contributed by atoms with Gasteiger partial charge in [0.15, 0.2) is 5.90 Å². The van der Waals surface area contributed by atoms with Crippen LogP contribution < -0.4 is 11.2 Å². The van der Waals surface area contributed by atoms with Crippen molar-refractivity contribution in [3.63, 3.8) is 0 Å². The predicted octanol–water partition coefficient (Wildman–Crippen LogP) is -0.0752. The van der Waals surface area contributed by atoms with Gasteiger partial charge in [0.25, 0.3) is 5.56 Å². The SMILES string of the molecule is Cc1cn([C@H]2C[C@H](F)[C@@H](COP(=O)(CP(=O)(O)O)OP(=O)(O)O)O2)c(=O)[nH]c1=O. The van der Waals surface area contributed by atoms with Crippen LogP contribution in [0.2, 0.25) is 0 Å². The molecule has 18 heteroatoms. The van der Waals surface area contributed by atoms with Crippen molar-refractivity contribution >= 4 is 23.0 Å². The predicted molar refractivity (Wildman–Crippen MR) is 93.1 cm³/mol. The smallest absolute Gasteiger partial charge is 0.349 e. The number of aryl methyl sites for hydroxylation is 1. The highest BCUT2D eigenvalue weighted by Crippen LogP contribution is 2.66. The minimum absolute atomic E-state index is 0.143. The Morgan fingerprint density at radius 2 is 1.90 bits per heavy atom. The molecular weight excluding hydrogens is 464 g/mol. The van der Waals surface area contributed by atoms with Gasteiger partial charge in [-0.15, -0.1) is 0 Å². The Morgan fingerprint density at radius 3 is 2.45 bits per heavy atom. The largest absolute Gasteiger partial charge is 0.476 e. The molecule has 5 N–H and O–H groups in total. The highest BCUT2D eigenvalue weighted by molar-refractivity contribution is 7.74. The Labute approximate surface area is 161 Å². The lowest BCUT2D eigenvalue weighted by Gasteiger charge is -2.21. The van der Waals surface area contributed by atoms with Gasteiger partial charge in [0, 0.05) is 18.2 Å². The van der Waals surface area contributed by atoms with Gasteiger partial charge >= 0.3 is 28.7 Å². The molecule has 1 aromatic rings. The number of rotatable bonds is 8. The first-order valence-corrected chi connectivity index (χ1v) is 12.8. The third-order valence-corrected chi connectivity index (χ3v) is 8.89. The van der Waals surface area contributed by atoms with E-state index in [1.165, 1.54) is 6.92 Å². The average Bonchev–Trinajstić information content (AvgIpc) is 2.86. The molecule has 1 aromatic heterocycles. The molecule has 166 valence electrons. The fraction of sp³-hybridized carbons (Fsp3) is 0.636. The normalized spacial score (nSPS) is 25.1. The molecule has 2 rings (SSSR count). The van der Waals surface area contributed by atoms with Gasteiger partial charge in [0.2, 0.25) is 0 Å². The van der Waals surface area contributed by atoms with Crippen LogP contribution in [0.4, 0.5) is 4.39 Å². The highest BCUT2D eigenvalue weighted by Gasteiger charge is 2.43. The second-order valence-electron chi connectivity index (χ2n) is 6.14. The van der Waals surface area contributed by atoms with Gasteiger partial charge in [-0.05, 0) is 6.92 Å². The van der Waals surface area contributed by atoms with E-state index in [1.54, 1.807) is 0 Å². The number of hydrogen-bond acceptors (Lipinski definition) is 8. The first-order chi connectivity index (χ1) is 13.1. The molecule has 0 aliphatic carbocycles. The van der Waals surface area contributed by atoms with E-state index in [-0.39, 0.29) is 12.0 Å². The zero-order valence-corrected chi connectivity index (χ0v) is 17.3. The van der Waals surface area contributed by atoms with Crippen LogP contribution in [-0.4, -0.2) is 53.9 Å². The highest BCUT2D eigenvalue weighted by atomic mass is 31.3. The molecule has 1 unspecified atom stereocenters. The van der Waals surface area contributed by atoms with Gasteiger partial charge in [-0.1, -0.05) is 0 Å². The molecule has 0 amide bonds. The molecule has 0 bridgehead atoms. The van der Waals surface area contributed by atoms with Gasteiger partial charge in [-0.2, -0.15) is 0 Å². The molecule has 0 spiro atoms. The fourth-order valence-corrected chi connectivity index (χ4v) is 7.14. The molecule has 1 fully saturated rings.